The third-order valence-electron chi connectivity index (χ3n) is 2.70. The molecule has 0 heterocycles. The molecule has 0 bridgehead atoms. The van der Waals surface area contributed by atoms with E-state index < -0.39 is 0 Å². The molecule has 0 saturated carbocycles. The highest BCUT2D eigenvalue weighted by Crippen LogP contribution is 2.34. The van der Waals surface area contributed by atoms with Gasteiger partial charge in [0.15, 0.2) is 0 Å². The molecule has 0 aliphatic carbocycles. The van der Waals surface area contributed by atoms with Crippen LogP contribution in [0.25, 0.3) is 0 Å². The summed E-state index contributed by atoms with van der Waals surface area (Å²) in [6.45, 7) is 7.66. The Morgan fingerprint density at radius 2 is 1.83 bits per heavy atom. The summed E-state index contributed by atoms with van der Waals surface area (Å²) in [5.41, 5.74) is -0.228. The highest BCUT2D eigenvalue weighted by atomic mass is 35.5. The molecule has 2 nitrogen and oxygen atoms in total. The van der Waals surface area contributed by atoms with Crippen molar-refractivity contribution >= 4 is 17.6 Å². The van der Waals surface area contributed by atoms with Crippen LogP contribution in [0.15, 0.2) is 0 Å². The van der Waals surface area contributed by atoms with Gasteiger partial charge in [0, 0.05) is 5.38 Å². The molecule has 0 amide bonds. The van der Waals surface area contributed by atoms with Crippen LogP contribution in [0.3, 0.4) is 0 Å². The summed E-state index contributed by atoms with van der Waals surface area (Å²) in [6.07, 6.45) is 0. The highest BCUT2D eigenvalue weighted by Gasteiger charge is 2.35. The van der Waals surface area contributed by atoms with Gasteiger partial charge in [0.1, 0.15) is 0 Å². The van der Waals surface area contributed by atoms with Crippen LogP contribution >= 0.6 is 11.6 Å². The van der Waals surface area contributed by atoms with E-state index in [9.17, 15) is 4.79 Å². The first-order chi connectivity index (χ1) is 5.34. The molecule has 0 aromatic rings. The van der Waals surface area contributed by atoms with Gasteiger partial charge in [-0.15, -0.1) is 11.6 Å². The molecule has 0 radical (unpaired) electrons. The zero-order valence-corrected chi connectivity index (χ0v) is 9.11. The molecule has 0 aromatic heterocycles. The lowest BCUT2D eigenvalue weighted by atomic mass is 9.77. The smallest absolute Gasteiger partial charge is 0.308 e. The Balaban J connectivity index is 4.45. The Kier molecular flexibility index (Phi) is 4.04. The van der Waals surface area contributed by atoms with E-state index in [1.165, 1.54) is 7.11 Å². The molecule has 0 N–H and O–H groups in total. The molecule has 2 unspecified atom stereocenters. The van der Waals surface area contributed by atoms with E-state index in [1.807, 2.05) is 27.7 Å². The van der Waals surface area contributed by atoms with Gasteiger partial charge in [-0.25, -0.2) is 0 Å². The van der Waals surface area contributed by atoms with Crippen molar-refractivity contribution in [3.8, 4) is 0 Å². The molecule has 3 heteroatoms. The molecule has 0 aliphatic heterocycles. The van der Waals surface area contributed by atoms with Gasteiger partial charge in [0.25, 0.3) is 0 Å². The van der Waals surface area contributed by atoms with E-state index in [0.717, 1.165) is 0 Å². The number of hydrogen-bond acceptors (Lipinski definition) is 2. The van der Waals surface area contributed by atoms with Crippen molar-refractivity contribution in [1.82, 2.24) is 0 Å². The van der Waals surface area contributed by atoms with Crippen LogP contribution in [0.5, 0.6) is 0 Å². The molecular formula is C9H17ClO2. The molecule has 0 aliphatic rings. The van der Waals surface area contributed by atoms with Gasteiger partial charge >= 0.3 is 5.97 Å². The van der Waals surface area contributed by atoms with Gasteiger partial charge in [-0.3, -0.25) is 4.79 Å². The van der Waals surface area contributed by atoms with Gasteiger partial charge in [-0.05, 0) is 12.3 Å². The van der Waals surface area contributed by atoms with E-state index in [4.69, 9.17) is 11.6 Å². The Morgan fingerprint density at radius 1 is 1.42 bits per heavy atom. The zero-order chi connectivity index (χ0) is 9.94. The lowest BCUT2D eigenvalue weighted by Gasteiger charge is -2.32. The van der Waals surface area contributed by atoms with Crippen LogP contribution in [0.1, 0.15) is 27.7 Å². The Hall–Kier alpha value is -0.240. The first-order valence-corrected chi connectivity index (χ1v) is 4.49. The number of halogens is 1. The van der Waals surface area contributed by atoms with Crippen molar-refractivity contribution < 1.29 is 9.53 Å². The first-order valence-electron chi connectivity index (χ1n) is 4.06. The number of methoxy groups -OCH3 is 1. The van der Waals surface area contributed by atoms with E-state index in [0.29, 0.717) is 0 Å². The van der Waals surface area contributed by atoms with Crippen LogP contribution in [0, 0.1) is 11.3 Å². The monoisotopic (exact) mass is 192 g/mol. The average Bonchev–Trinajstić information content (AvgIpc) is 2.01. The molecular weight excluding hydrogens is 176 g/mol. The van der Waals surface area contributed by atoms with Crippen molar-refractivity contribution in [2.45, 2.75) is 33.1 Å². The zero-order valence-electron chi connectivity index (χ0n) is 8.35. The van der Waals surface area contributed by atoms with Crippen LogP contribution in [0.2, 0.25) is 0 Å². The Bertz CT molecular complexity index is 164. The highest BCUT2D eigenvalue weighted by molar-refractivity contribution is 6.21. The number of esters is 1. The molecule has 0 spiro atoms. The summed E-state index contributed by atoms with van der Waals surface area (Å²) in [6, 6.07) is 0. The number of rotatable bonds is 3. The molecule has 72 valence electrons. The van der Waals surface area contributed by atoms with Crippen LogP contribution in [-0.2, 0) is 9.53 Å². The van der Waals surface area contributed by atoms with Crippen LogP contribution in [0.4, 0.5) is 0 Å². The summed E-state index contributed by atoms with van der Waals surface area (Å²) < 4.78 is 4.65. The van der Waals surface area contributed by atoms with Crippen molar-refractivity contribution in [1.29, 1.82) is 0 Å². The second-order valence-electron chi connectivity index (χ2n) is 3.68. The topological polar surface area (TPSA) is 26.3 Å². The number of hydrogen-bond donors (Lipinski definition) is 0. The third kappa shape index (κ3) is 2.37. The van der Waals surface area contributed by atoms with Crippen molar-refractivity contribution in [3.05, 3.63) is 0 Å². The lowest BCUT2D eigenvalue weighted by Crippen LogP contribution is -2.35. The Labute approximate surface area is 79.2 Å². The predicted molar refractivity (Wildman–Crippen MR) is 50.3 cm³/mol. The van der Waals surface area contributed by atoms with Gasteiger partial charge in [0.2, 0.25) is 0 Å². The number of carbonyl (C=O) groups is 1. The number of alkyl halides is 1. The number of ether oxygens (including phenoxy) is 1. The van der Waals surface area contributed by atoms with E-state index in [1.54, 1.807) is 0 Å². The summed E-state index contributed by atoms with van der Waals surface area (Å²) in [7, 11) is 1.40. The summed E-state index contributed by atoms with van der Waals surface area (Å²) >= 11 is 5.96. The minimum absolute atomic E-state index is 0.0494. The minimum Gasteiger partial charge on any atom is -0.469 e. The normalized spacial score (nSPS) is 16.8. The maximum absolute atomic E-state index is 11.2. The fraction of sp³-hybridized carbons (Fsp3) is 0.889. The fourth-order valence-corrected chi connectivity index (χ4v) is 1.01. The molecule has 2 atom stereocenters. The second kappa shape index (κ2) is 4.13. The van der Waals surface area contributed by atoms with Crippen molar-refractivity contribution in [2.24, 2.45) is 11.3 Å². The summed E-state index contributed by atoms with van der Waals surface area (Å²) in [5, 5.41) is -0.0494. The SMILES string of the molecule is COC(=O)C(C)C(C)(C)C(C)Cl. The summed E-state index contributed by atoms with van der Waals surface area (Å²) in [4.78, 5) is 11.2. The van der Waals surface area contributed by atoms with Gasteiger partial charge < -0.3 is 4.74 Å². The predicted octanol–water partition coefficient (Wildman–Crippen LogP) is 2.45. The molecule has 12 heavy (non-hydrogen) atoms. The average molecular weight is 193 g/mol. The maximum atomic E-state index is 11.2. The molecule has 0 fully saturated rings. The second-order valence-corrected chi connectivity index (χ2v) is 4.34. The van der Waals surface area contributed by atoms with Gasteiger partial charge in [-0.2, -0.15) is 0 Å². The fourth-order valence-electron chi connectivity index (χ4n) is 0.825. The van der Waals surface area contributed by atoms with Crippen LogP contribution < -0.4 is 0 Å². The third-order valence-corrected chi connectivity index (χ3v) is 3.26. The van der Waals surface area contributed by atoms with Gasteiger partial charge in [0.05, 0.1) is 13.0 Å². The standard InChI is InChI=1S/C9H17ClO2/c1-6(8(11)12-5)9(3,4)7(2)10/h6-7H,1-5H3. The van der Waals surface area contributed by atoms with E-state index in [-0.39, 0.29) is 22.7 Å². The minimum atomic E-state index is -0.228. The lowest BCUT2D eigenvalue weighted by molar-refractivity contribution is -0.148. The molecule has 0 rings (SSSR count). The Morgan fingerprint density at radius 3 is 2.08 bits per heavy atom. The summed E-state index contributed by atoms with van der Waals surface area (Å²) in [5.74, 6) is -0.373. The van der Waals surface area contributed by atoms with Gasteiger partial charge in [-0.1, -0.05) is 20.8 Å². The largest absolute Gasteiger partial charge is 0.469 e. The van der Waals surface area contributed by atoms with Crippen molar-refractivity contribution in [3.63, 3.8) is 0 Å². The first kappa shape index (κ1) is 11.8. The van der Waals surface area contributed by atoms with Crippen molar-refractivity contribution in [2.75, 3.05) is 7.11 Å². The molecule has 0 saturated heterocycles. The van der Waals surface area contributed by atoms with E-state index in [2.05, 4.69) is 4.74 Å². The number of carbonyl (C=O) groups excluding carboxylic acids is 1. The van der Waals surface area contributed by atoms with E-state index >= 15 is 0 Å². The quantitative estimate of drug-likeness (QED) is 0.507. The van der Waals surface area contributed by atoms with Crippen LogP contribution in [-0.4, -0.2) is 18.5 Å². The molecule has 0 aromatic carbocycles. The maximum Gasteiger partial charge on any atom is 0.308 e.